The van der Waals surface area contributed by atoms with Crippen LogP contribution in [0.1, 0.15) is 18.4 Å². The highest BCUT2D eigenvalue weighted by Gasteiger charge is 2.45. The van der Waals surface area contributed by atoms with E-state index in [0.717, 1.165) is 12.8 Å². The molecule has 3 rings (SSSR count). The standard InChI is InChI=1S/C14H18FNO3S/c15-12-4-1-10(2-5-12)9-20(18,19)16-7-11-3-6-14(17)13(11)8-16/h1-2,4-5,11,13-14,17H,3,6-9H2. The number of benzene rings is 1. The summed E-state index contributed by atoms with van der Waals surface area (Å²) < 4.78 is 39.1. The van der Waals surface area contributed by atoms with E-state index >= 15 is 0 Å². The average Bonchev–Trinajstić information content (AvgIpc) is 2.95. The van der Waals surface area contributed by atoms with Crippen LogP contribution >= 0.6 is 0 Å². The molecule has 1 N–H and O–H groups in total. The summed E-state index contributed by atoms with van der Waals surface area (Å²) in [7, 11) is -3.39. The summed E-state index contributed by atoms with van der Waals surface area (Å²) in [5.41, 5.74) is 0.587. The largest absolute Gasteiger partial charge is 0.393 e. The Balaban J connectivity index is 1.72. The Morgan fingerprint density at radius 1 is 1.20 bits per heavy atom. The molecule has 1 aliphatic heterocycles. The van der Waals surface area contributed by atoms with Crippen LogP contribution in [0.5, 0.6) is 0 Å². The van der Waals surface area contributed by atoms with E-state index in [9.17, 15) is 17.9 Å². The third-order valence-electron chi connectivity index (χ3n) is 4.44. The molecule has 0 bridgehead atoms. The van der Waals surface area contributed by atoms with Crippen molar-refractivity contribution in [3.05, 3.63) is 35.6 Å². The predicted octanol–water partition coefficient (Wildman–Crippen LogP) is 1.36. The van der Waals surface area contributed by atoms with Crippen LogP contribution in [0.3, 0.4) is 0 Å². The monoisotopic (exact) mass is 299 g/mol. The van der Waals surface area contributed by atoms with Crippen LogP contribution < -0.4 is 0 Å². The van der Waals surface area contributed by atoms with Crippen molar-refractivity contribution in [1.82, 2.24) is 4.31 Å². The summed E-state index contributed by atoms with van der Waals surface area (Å²) in [4.78, 5) is 0. The third kappa shape index (κ3) is 2.60. The molecule has 0 aromatic heterocycles. The van der Waals surface area contributed by atoms with E-state index in [1.165, 1.54) is 28.6 Å². The first-order chi connectivity index (χ1) is 9.45. The van der Waals surface area contributed by atoms with Gasteiger partial charge in [-0.1, -0.05) is 12.1 Å². The minimum absolute atomic E-state index is 0.0815. The smallest absolute Gasteiger partial charge is 0.218 e. The zero-order valence-electron chi connectivity index (χ0n) is 11.1. The first kappa shape index (κ1) is 14.0. The average molecular weight is 299 g/mol. The van der Waals surface area contributed by atoms with E-state index in [1.54, 1.807) is 0 Å². The fourth-order valence-electron chi connectivity index (χ4n) is 3.31. The second-order valence-corrected chi connectivity index (χ2v) is 7.74. The van der Waals surface area contributed by atoms with Crippen molar-refractivity contribution in [1.29, 1.82) is 0 Å². The Kier molecular flexibility index (Phi) is 3.56. The van der Waals surface area contributed by atoms with E-state index < -0.39 is 10.0 Å². The molecule has 2 fully saturated rings. The SMILES string of the molecule is O=S(=O)(Cc1ccc(F)cc1)N1CC2CCC(O)C2C1. The van der Waals surface area contributed by atoms with Gasteiger partial charge in [0.05, 0.1) is 11.9 Å². The second kappa shape index (κ2) is 5.09. The highest BCUT2D eigenvalue weighted by atomic mass is 32.2. The number of hydrogen-bond donors (Lipinski definition) is 1. The van der Waals surface area contributed by atoms with E-state index in [-0.39, 0.29) is 29.5 Å². The predicted molar refractivity (Wildman–Crippen MR) is 72.8 cm³/mol. The molecule has 6 heteroatoms. The molecule has 110 valence electrons. The first-order valence-electron chi connectivity index (χ1n) is 6.86. The minimum atomic E-state index is -3.39. The van der Waals surface area contributed by atoms with Gasteiger partial charge in [0.15, 0.2) is 0 Å². The van der Waals surface area contributed by atoms with Crippen molar-refractivity contribution in [2.75, 3.05) is 13.1 Å². The van der Waals surface area contributed by atoms with Gasteiger partial charge in [0.25, 0.3) is 0 Å². The van der Waals surface area contributed by atoms with Crippen LogP contribution in [0.4, 0.5) is 4.39 Å². The van der Waals surface area contributed by atoms with Gasteiger partial charge in [-0.2, -0.15) is 0 Å². The van der Waals surface area contributed by atoms with Crippen LogP contribution in [0.2, 0.25) is 0 Å². The summed E-state index contributed by atoms with van der Waals surface area (Å²) in [5, 5.41) is 9.84. The maximum absolute atomic E-state index is 12.8. The molecule has 1 aromatic carbocycles. The molecule has 1 aliphatic carbocycles. The van der Waals surface area contributed by atoms with Gasteiger partial charge in [-0.15, -0.1) is 0 Å². The number of fused-ring (bicyclic) bond motifs is 1. The van der Waals surface area contributed by atoms with Crippen LogP contribution in [0, 0.1) is 17.7 Å². The van der Waals surface area contributed by atoms with Gasteiger partial charge in [0, 0.05) is 19.0 Å². The normalized spacial score (nSPS) is 30.6. The van der Waals surface area contributed by atoms with Gasteiger partial charge in [-0.05, 0) is 36.5 Å². The lowest BCUT2D eigenvalue weighted by Gasteiger charge is -2.18. The molecule has 0 spiro atoms. The zero-order chi connectivity index (χ0) is 14.3. The highest BCUT2D eigenvalue weighted by Crippen LogP contribution is 2.39. The highest BCUT2D eigenvalue weighted by molar-refractivity contribution is 7.88. The van der Waals surface area contributed by atoms with Gasteiger partial charge in [-0.3, -0.25) is 0 Å². The Hall–Kier alpha value is -0.980. The van der Waals surface area contributed by atoms with E-state index in [4.69, 9.17) is 0 Å². The van der Waals surface area contributed by atoms with Gasteiger partial charge < -0.3 is 5.11 Å². The molecule has 3 unspecified atom stereocenters. The number of aliphatic hydroxyl groups excluding tert-OH is 1. The van der Waals surface area contributed by atoms with Crippen molar-refractivity contribution in [3.63, 3.8) is 0 Å². The van der Waals surface area contributed by atoms with Gasteiger partial charge in [-0.25, -0.2) is 17.1 Å². The lowest BCUT2D eigenvalue weighted by molar-refractivity contribution is 0.129. The molecule has 1 aromatic rings. The topological polar surface area (TPSA) is 57.6 Å². The maximum Gasteiger partial charge on any atom is 0.218 e. The van der Waals surface area contributed by atoms with Crippen LogP contribution in [-0.2, 0) is 15.8 Å². The lowest BCUT2D eigenvalue weighted by Crippen LogP contribution is -2.32. The van der Waals surface area contributed by atoms with Crippen molar-refractivity contribution in [2.24, 2.45) is 11.8 Å². The number of nitrogens with zero attached hydrogens (tertiary/aromatic N) is 1. The quantitative estimate of drug-likeness (QED) is 0.917. The van der Waals surface area contributed by atoms with Crippen molar-refractivity contribution >= 4 is 10.0 Å². The molecule has 2 aliphatic rings. The third-order valence-corrected chi connectivity index (χ3v) is 6.22. The summed E-state index contributed by atoms with van der Waals surface area (Å²) in [6.07, 6.45) is 1.31. The van der Waals surface area contributed by atoms with E-state index in [0.29, 0.717) is 18.7 Å². The van der Waals surface area contributed by atoms with Crippen molar-refractivity contribution in [3.8, 4) is 0 Å². The van der Waals surface area contributed by atoms with Crippen LogP contribution in [0.25, 0.3) is 0 Å². The maximum atomic E-state index is 12.8. The van der Waals surface area contributed by atoms with Crippen LogP contribution in [-0.4, -0.2) is 37.0 Å². The van der Waals surface area contributed by atoms with Crippen molar-refractivity contribution < 1.29 is 17.9 Å². The van der Waals surface area contributed by atoms with Gasteiger partial charge >= 0.3 is 0 Å². The van der Waals surface area contributed by atoms with Crippen molar-refractivity contribution in [2.45, 2.75) is 24.7 Å². The Bertz CT molecular complexity index is 587. The molecule has 1 heterocycles. The summed E-state index contributed by atoms with van der Waals surface area (Å²) >= 11 is 0. The molecular weight excluding hydrogens is 281 g/mol. The van der Waals surface area contributed by atoms with Crippen LogP contribution in [0.15, 0.2) is 24.3 Å². The number of halogens is 1. The molecule has 20 heavy (non-hydrogen) atoms. The molecule has 1 saturated carbocycles. The second-order valence-electron chi connectivity index (χ2n) is 5.77. The molecule has 4 nitrogen and oxygen atoms in total. The Labute approximate surface area is 118 Å². The Morgan fingerprint density at radius 2 is 1.90 bits per heavy atom. The number of hydrogen-bond acceptors (Lipinski definition) is 3. The first-order valence-corrected chi connectivity index (χ1v) is 8.47. The number of rotatable bonds is 3. The zero-order valence-corrected chi connectivity index (χ0v) is 11.9. The molecular formula is C14H18FNO3S. The molecule has 3 atom stereocenters. The number of aliphatic hydroxyl groups is 1. The van der Waals surface area contributed by atoms with E-state index in [1.807, 2.05) is 0 Å². The van der Waals surface area contributed by atoms with Gasteiger partial charge in [0.2, 0.25) is 10.0 Å². The Morgan fingerprint density at radius 3 is 2.55 bits per heavy atom. The fraction of sp³-hybridized carbons (Fsp3) is 0.571. The summed E-state index contributed by atoms with van der Waals surface area (Å²) in [6.45, 7) is 0.917. The molecule has 0 amide bonds. The van der Waals surface area contributed by atoms with E-state index in [2.05, 4.69) is 0 Å². The minimum Gasteiger partial charge on any atom is -0.393 e. The summed E-state index contributed by atoms with van der Waals surface area (Å²) in [5.74, 6) is -0.112. The lowest BCUT2D eigenvalue weighted by atomic mass is 10.00. The molecule has 1 saturated heterocycles. The molecule has 0 radical (unpaired) electrons. The van der Waals surface area contributed by atoms with Gasteiger partial charge in [0.1, 0.15) is 5.82 Å². The summed E-state index contributed by atoms with van der Waals surface area (Å²) in [6, 6.07) is 5.54. The fourth-order valence-corrected chi connectivity index (χ4v) is 4.92. The number of sulfonamides is 1.